The number of nitro benzene ring substituents is 1. The molecule has 2 amide bonds. The monoisotopic (exact) mass is 496 g/mol. The molecule has 0 atom stereocenters. The van der Waals surface area contributed by atoms with E-state index in [4.69, 9.17) is 4.74 Å². The first-order chi connectivity index (χ1) is 17.5. The molecule has 5 rings (SSSR count). The normalized spacial score (nSPS) is 14.6. The minimum Gasteiger partial charge on any atom is -0.488 e. The van der Waals surface area contributed by atoms with E-state index < -0.39 is 16.1 Å². The molecule has 4 aromatic carbocycles. The number of nitro groups is 1. The zero-order valence-corrected chi connectivity index (χ0v) is 19.8. The van der Waals surface area contributed by atoms with Crippen LogP contribution in [-0.2, 0) is 17.9 Å². The van der Waals surface area contributed by atoms with Crippen LogP contribution in [0.2, 0.25) is 0 Å². The summed E-state index contributed by atoms with van der Waals surface area (Å²) in [5, 5.41) is 12.9. The van der Waals surface area contributed by atoms with Crippen LogP contribution in [0, 0.1) is 10.1 Å². The van der Waals surface area contributed by atoms with Gasteiger partial charge in [0.1, 0.15) is 12.4 Å². The van der Waals surface area contributed by atoms with Gasteiger partial charge >= 0.3 is 0 Å². The number of non-ortho nitro benzene ring substituents is 1. The van der Waals surface area contributed by atoms with E-state index in [1.54, 1.807) is 12.1 Å². The molecule has 0 spiro atoms. The fourth-order valence-electron chi connectivity index (χ4n) is 4.03. The van der Waals surface area contributed by atoms with Gasteiger partial charge in [0.05, 0.1) is 16.4 Å². The number of hydrogen-bond acceptors (Lipinski definition) is 6. The van der Waals surface area contributed by atoms with Crippen LogP contribution in [0.5, 0.6) is 5.75 Å². The second kappa shape index (κ2) is 10.1. The predicted octanol–water partition coefficient (Wildman–Crippen LogP) is 6.56. The first kappa shape index (κ1) is 23.3. The summed E-state index contributed by atoms with van der Waals surface area (Å²) in [4.78, 5) is 37.5. The van der Waals surface area contributed by atoms with Gasteiger partial charge in [-0.1, -0.05) is 72.8 Å². The minimum atomic E-state index is -0.508. The Labute approximate surface area is 211 Å². The van der Waals surface area contributed by atoms with Gasteiger partial charge in [0.2, 0.25) is 0 Å². The highest BCUT2D eigenvalue weighted by atomic mass is 32.2. The van der Waals surface area contributed by atoms with E-state index in [0.29, 0.717) is 23.5 Å². The number of imide groups is 1. The Morgan fingerprint density at radius 2 is 1.67 bits per heavy atom. The van der Waals surface area contributed by atoms with Crippen LogP contribution in [0.4, 0.5) is 10.5 Å². The van der Waals surface area contributed by atoms with Crippen LogP contribution in [-0.4, -0.2) is 21.0 Å². The highest BCUT2D eigenvalue weighted by Gasteiger charge is 2.35. The fourth-order valence-corrected chi connectivity index (χ4v) is 4.86. The Morgan fingerprint density at radius 3 is 2.53 bits per heavy atom. The molecular weight excluding hydrogens is 476 g/mol. The van der Waals surface area contributed by atoms with Gasteiger partial charge in [-0.3, -0.25) is 24.6 Å². The number of carbonyl (C=O) groups excluding carboxylic acids is 2. The first-order valence-corrected chi connectivity index (χ1v) is 12.0. The van der Waals surface area contributed by atoms with Gasteiger partial charge in [0, 0.05) is 17.7 Å². The third-order valence-corrected chi connectivity index (χ3v) is 6.71. The smallest absolute Gasteiger partial charge is 0.293 e. The van der Waals surface area contributed by atoms with Crippen molar-refractivity contribution in [3.8, 4) is 5.75 Å². The van der Waals surface area contributed by atoms with Crippen molar-refractivity contribution in [2.24, 2.45) is 0 Å². The van der Waals surface area contributed by atoms with Crippen molar-refractivity contribution in [3.63, 3.8) is 0 Å². The molecule has 0 aliphatic carbocycles. The molecule has 0 bridgehead atoms. The summed E-state index contributed by atoms with van der Waals surface area (Å²) in [6.07, 6.45) is 1.65. The van der Waals surface area contributed by atoms with E-state index in [0.717, 1.165) is 33.0 Å². The number of rotatable bonds is 7. The van der Waals surface area contributed by atoms with Crippen molar-refractivity contribution in [1.82, 2.24) is 4.90 Å². The number of hydrogen-bond donors (Lipinski definition) is 0. The molecule has 0 N–H and O–H groups in total. The highest BCUT2D eigenvalue weighted by Crippen LogP contribution is 2.35. The van der Waals surface area contributed by atoms with Gasteiger partial charge in [-0.2, -0.15) is 0 Å². The van der Waals surface area contributed by atoms with Crippen LogP contribution in [0.15, 0.2) is 95.9 Å². The Hall–Kier alpha value is -4.43. The largest absolute Gasteiger partial charge is 0.488 e. The second-order valence-corrected chi connectivity index (χ2v) is 9.15. The predicted molar refractivity (Wildman–Crippen MR) is 139 cm³/mol. The SMILES string of the molecule is O=C1S/C(=C\c2ccccc2OCc2cccc3ccccc23)C(=O)N1Cc1cccc([N+](=O)[O-])c1. The maximum atomic E-state index is 13.0. The molecule has 1 aliphatic heterocycles. The molecule has 1 aliphatic rings. The zero-order valence-electron chi connectivity index (χ0n) is 19.0. The molecule has 1 heterocycles. The Morgan fingerprint density at radius 1 is 0.917 bits per heavy atom. The van der Waals surface area contributed by atoms with Gasteiger partial charge in [0.25, 0.3) is 16.8 Å². The number of benzene rings is 4. The van der Waals surface area contributed by atoms with Gasteiger partial charge in [0.15, 0.2) is 0 Å². The fraction of sp³-hybridized carbons (Fsp3) is 0.0714. The summed E-state index contributed by atoms with van der Waals surface area (Å²) in [6, 6.07) is 27.4. The summed E-state index contributed by atoms with van der Waals surface area (Å²) in [7, 11) is 0. The molecule has 8 heteroatoms. The van der Waals surface area contributed by atoms with Crippen molar-refractivity contribution >= 4 is 45.4 Å². The van der Waals surface area contributed by atoms with Gasteiger partial charge in [-0.15, -0.1) is 0 Å². The summed E-state index contributed by atoms with van der Waals surface area (Å²) < 4.78 is 6.13. The van der Waals surface area contributed by atoms with Crippen LogP contribution < -0.4 is 4.74 Å². The van der Waals surface area contributed by atoms with Gasteiger partial charge in [-0.25, -0.2) is 0 Å². The zero-order chi connectivity index (χ0) is 25.1. The topological polar surface area (TPSA) is 89.8 Å². The number of amides is 2. The highest BCUT2D eigenvalue weighted by molar-refractivity contribution is 8.18. The molecular formula is C28H20N2O5S. The van der Waals surface area contributed by atoms with E-state index in [9.17, 15) is 19.7 Å². The number of para-hydroxylation sites is 1. The van der Waals surface area contributed by atoms with Crippen LogP contribution >= 0.6 is 11.8 Å². The lowest BCUT2D eigenvalue weighted by molar-refractivity contribution is -0.384. The van der Waals surface area contributed by atoms with E-state index in [-0.39, 0.29) is 17.1 Å². The van der Waals surface area contributed by atoms with Crippen molar-refractivity contribution < 1.29 is 19.2 Å². The average molecular weight is 497 g/mol. The van der Waals surface area contributed by atoms with E-state index >= 15 is 0 Å². The summed E-state index contributed by atoms with van der Waals surface area (Å²) in [5.41, 5.74) is 2.14. The number of ether oxygens (including phenoxy) is 1. The minimum absolute atomic E-state index is 0.0388. The number of thioether (sulfide) groups is 1. The summed E-state index contributed by atoms with van der Waals surface area (Å²) >= 11 is 0.841. The number of carbonyl (C=O) groups is 2. The van der Waals surface area contributed by atoms with Crippen molar-refractivity contribution in [2.75, 3.05) is 0 Å². The molecule has 0 saturated carbocycles. The molecule has 0 unspecified atom stereocenters. The molecule has 0 aromatic heterocycles. The van der Waals surface area contributed by atoms with E-state index in [1.807, 2.05) is 48.5 Å². The molecule has 4 aromatic rings. The molecule has 36 heavy (non-hydrogen) atoms. The molecule has 1 fully saturated rings. The molecule has 0 radical (unpaired) electrons. The lowest BCUT2D eigenvalue weighted by Crippen LogP contribution is -2.27. The lowest BCUT2D eigenvalue weighted by Gasteiger charge is -2.13. The first-order valence-electron chi connectivity index (χ1n) is 11.2. The quantitative estimate of drug-likeness (QED) is 0.163. The lowest BCUT2D eigenvalue weighted by atomic mass is 10.1. The maximum absolute atomic E-state index is 13.0. The standard InChI is InChI=1S/C28H20N2O5S/c31-27-26(36-28(32)29(27)17-19-7-5-12-23(15-19)30(33)34)16-21-9-2-4-14-25(21)35-18-22-11-6-10-20-8-1-3-13-24(20)22/h1-16H,17-18H2/b26-16-. The van der Waals surface area contributed by atoms with Crippen molar-refractivity contribution in [1.29, 1.82) is 0 Å². The third kappa shape index (κ3) is 4.85. The Balaban J connectivity index is 1.35. The van der Waals surface area contributed by atoms with Crippen LogP contribution in [0.1, 0.15) is 16.7 Å². The average Bonchev–Trinajstić information content (AvgIpc) is 3.15. The third-order valence-electron chi connectivity index (χ3n) is 5.80. The van der Waals surface area contributed by atoms with Crippen LogP contribution in [0.25, 0.3) is 16.8 Å². The molecule has 7 nitrogen and oxygen atoms in total. The van der Waals surface area contributed by atoms with Gasteiger partial charge in [-0.05, 0) is 45.8 Å². The summed E-state index contributed by atoms with van der Waals surface area (Å²) in [6.45, 7) is 0.309. The molecule has 1 saturated heterocycles. The second-order valence-electron chi connectivity index (χ2n) is 8.16. The van der Waals surface area contributed by atoms with E-state index in [1.165, 1.54) is 18.2 Å². The van der Waals surface area contributed by atoms with Crippen molar-refractivity contribution in [2.45, 2.75) is 13.2 Å². The maximum Gasteiger partial charge on any atom is 0.293 e. The molecule has 178 valence electrons. The van der Waals surface area contributed by atoms with Crippen molar-refractivity contribution in [3.05, 3.63) is 123 Å². The summed E-state index contributed by atoms with van der Waals surface area (Å²) in [5.74, 6) is 0.149. The van der Waals surface area contributed by atoms with E-state index in [2.05, 4.69) is 18.2 Å². The van der Waals surface area contributed by atoms with Crippen LogP contribution in [0.3, 0.4) is 0 Å². The Kier molecular flexibility index (Phi) is 6.51. The number of fused-ring (bicyclic) bond motifs is 1. The number of nitrogens with zero attached hydrogens (tertiary/aromatic N) is 2. The Bertz CT molecular complexity index is 1530. The van der Waals surface area contributed by atoms with Gasteiger partial charge < -0.3 is 4.74 Å².